The highest BCUT2D eigenvalue weighted by molar-refractivity contribution is 14.1. The first-order chi connectivity index (χ1) is 7.22. The lowest BCUT2D eigenvalue weighted by Gasteiger charge is -2.15. The Morgan fingerprint density at radius 3 is 2.87 bits per heavy atom. The summed E-state index contributed by atoms with van der Waals surface area (Å²) in [4.78, 5) is 2.36. The summed E-state index contributed by atoms with van der Waals surface area (Å²) in [6.45, 7) is 6.60. The number of hydrogen-bond acceptors (Lipinski definition) is 3. The summed E-state index contributed by atoms with van der Waals surface area (Å²) >= 11 is 4.20. The van der Waals surface area contributed by atoms with Crippen LogP contribution in [0.15, 0.2) is 11.4 Å². The Morgan fingerprint density at radius 2 is 2.27 bits per heavy atom. The Bertz CT molecular complexity index is 275. The van der Waals surface area contributed by atoms with Crippen molar-refractivity contribution in [1.82, 2.24) is 10.2 Å². The lowest BCUT2D eigenvalue weighted by molar-refractivity contribution is 0.325. The first-order valence-electron chi connectivity index (χ1n) is 5.34. The molecular formula is C11H19IN2S. The van der Waals surface area contributed by atoms with Gasteiger partial charge in [-0.2, -0.15) is 0 Å². The van der Waals surface area contributed by atoms with E-state index in [1.54, 1.807) is 0 Å². The van der Waals surface area contributed by atoms with Crippen LogP contribution in [0.2, 0.25) is 0 Å². The van der Waals surface area contributed by atoms with Crippen molar-refractivity contribution in [3.05, 3.63) is 19.9 Å². The van der Waals surface area contributed by atoms with E-state index in [-0.39, 0.29) is 0 Å². The van der Waals surface area contributed by atoms with Crippen LogP contribution in [-0.4, -0.2) is 31.6 Å². The van der Waals surface area contributed by atoms with Crippen LogP contribution < -0.4 is 5.32 Å². The molecule has 1 aromatic heterocycles. The molecule has 0 fully saturated rings. The molecule has 0 saturated carbocycles. The molecule has 0 bridgehead atoms. The summed E-state index contributed by atoms with van der Waals surface area (Å²) in [6.07, 6.45) is 1.21. The van der Waals surface area contributed by atoms with Crippen molar-refractivity contribution in [2.24, 2.45) is 0 Å². The molecule has 1 rings (SSSR count). The molecule has 0 spiro atoms. The predicted octanol–water partition coefficient (Wildman–Crippen LogP) is 2.78. The third-order valence-corrected chi connectivity index (χ3v) is 4.01. The standard InChI is InChI=1S/C11H19IN2S/c1-3-4-13-5-6-14(2)8-10-7-11(12)15-9-10/h7,9,13H,3-6,8H2,1-2H3. The van der Waals surface area contributed by atoms with Gasteiger partial charge in [0.1, 0.15) is 0 Å². The van der Waals surface area contributed by atoms with E-state index in [0.717, 1.165) is 26.2 Å². The molecule has 0 amide bonds. The van der Waals surface area contributed by atoms with Gasteiger partial charge in [-0.05, 0) is 59.6 Å². The van der Waals surface area contributed by atoms with Gasteiger partial charge in [0.2, 0.25) is 0 Å². The highest BCUT2D eigenvalue weighted by Gasteiger charge is 2.01. The minimum atomic E-state index is 1.06. The molecule has 0 aliphatic rings. The summed E-state index contributed by atoms with van der Waals surface area (Å²) in [5.41, 5.74) is 1.43. The summed E-state index contributed by atoms with van der Waals surface area (Å²) in [5, 5.41) is 5.66. The molecule has 1 heterocycles. The second-order valence-corrected chi connectivity index (χ2v) is 6.55. The monoisotopic (exact) mass is 338 g/mol. The van der Waals surface area contributed by atoms with Crippen molar-refractivity contribution in [2.75, 3.05) is 26.7 Å². The van der Waals surface area contributed by atoms with Crippen LogP contribution in [0.5, 0.6) is 0 Å². The number of likely N-dealkylation sites (N-methyl/N-ethyl adjacent to an activating group) is 1. The van der Waals surface area contributed by atoms with Gasteiger partial charge in [-0.15, -0.1) is 11.3 Å². The molecule has 86 valence electrons. The molecule has 0 atom stereocenters. The van der Waals surface area contributed by atoms with E-state index in [4.69, 9.17) is 0 Å². The second kappa shape index (κ2) is 7.60. The van der Waals surface area contributed by atoms with Crippen molar-refractivity contribution in [3.8, 4) is 0 Å². The van der Waals surface area contributed by atoms with Crippen molar-refractivity contribution in [3.63, 3.8) is 0 Å². The minimum absolute atomic E-state index is 1.06. The molecule has 2 nitrogen and oxygen atoms in total. The number of hydrogen-bond donors (Lipinski definition) is 1. The van der Waals surface area contributed by atoms with Gasteiger partial charge in [0.15, 0.2) is 0 Å². The second-order valence-electron chi connectivity index (χ2n) is 3.75. The van der Waals surface area contributed by atoms with Crippen LogP contribution in [0.25, 0.3) is 0 Å². The molecule has 0 radical (unpaired) electrons. The topological polar surface area (TPSA) is 15.3 Å². The van der Waals surface area contributed by atoms with Crippen LogP contribution in [0.1, 0.15) is 18.9 Å². The van der Waals surface area contributed by atoms with Crippen LogP contribution in [-0.2, 0) is 6.54 Å². The summed E-state index contributed by atoms with van der Waals surface area (Å²) in [6, 6.07) is 2.27. The van der Waals surface area contributed by atoms with Crippen molar-refractivity contribution >= 4 is 33.9 Å². The first kappa shape index (κ1) is 13.4. The molecule has 1 N–H and O–H groups in total. The quantitative estimate of drug-likeness (QED) is 0.608. The Morgan fingerprint density at radius 1 is 1.47 bits per heavy atom. The molecule has 4 heteroatoms. The third kappa shape index (κ3) is 5.85. The normalized spacial score (nSPS) is 11.2. The van der Waals surface area contributed by atoms with Gasteiger partial charge in [0.05, 0.1) is 2.88 Å². The number of halogens is 1. The van der Waals surface area contributed by atoms with E-state index in [9.17, 15) is 0 Å². The van der Waals surface area contributed by atoms with Crippen molar-refractivity contribution in [1.29, 1.82) is 0 Å². The number of thiophene rings is 1. The van der Waals surface area contributed by atoms with Crippen molar-refractivity contribution < 1.29 is 0 Å². The van der Waals surface area contributed by atoms with Crippen LogP contribution >= 0.6 is 33.9 Å². The largest absolute Gasteiger partial charge is 0.315 e. The van der Waals surface area contributed by atoms with Gasteiger partial charge in [-0.1, -0.05) is 6.92 Å². The van der Waals surface area contributed by atoms with Gasteiger partial charge in [0, 0.05) is 19.6 Å². The minimum Gasteiger partial charge on any atom is -0.315 e. The lowest BCUT2D eigenvalue weighted by atomic mass is 10.3. The molecule has 0 unspecified atom stereocenters. The molecule has 0 aliphatic heterocycles. The fraction of sp³-hybridized carbons (Fsp3) is 0.636. The summed E-state index contributed by atoms with van der Waals surface area (Å²) in [5.74, 6) is 0. The maximum Gasteiger partial charge on any atom is 0.0656 e. The fourth-order valence-electron chi connectivity index (χ4n) is 1.39. The maximum absolute atomic E-state index is 3.42. The van der Waals surface area contributed by atoms with Crippen LogP contribution in [0.4, 0.5) is 0 Å². The zero-order valence-electron chi connectivity index (χ0n) is 9.42. The fourth-order valence-corrected chi connectivity index (χ4v) is 2.80. The average Bonchev–Trinajstić information content (AvgIpc) is 2.59. The molecule has 15 heavy (non-hydrogen) atoms. The van der Waals surface area contributed by atoms with E-state index >= 15 is 0 Å². The molecule has 0 aliphatic carbocycles. The van der Waals surface area contributed by atoms with E-state index < -0.39 is 0 Å². The van der Waals surface area contributed by atoms with Gasteiger partial charge >= 0.3 is 0 Å². The molecular weight excluding hydrogens is 319 g/mol. The Labute approximate surface area is 110 Å². The molecule has 0 saturated heterocycles. The van der Waals surface area contributed by atoms with Crippen LogP contribution in [0, 0.1) is 2.88 Å². The Hall–Kier alpha value is 0.350. The average molecular weight is 338 g/mol. The van der Waals surface area contributed by atoms with E-state index in [0.29, 0.717) is 0 Å². The third-order valence-electron chi connectivity index (χ3n) is 2.17. The highest BCUT2D eigenvalue weighted by Crippen LogP contribution is 2.17. The maximum atomic E-state index is 3.42. The van der Waals surface area contributed by atoms with Crippen LogP contribution in [0.3, 0.4) is 0 Å². The smallest absolute Gasteiger partial charge is 0.0656 e. The van der Waals surface area contributed by atoms with E-state index in [1.807, 2.05) is 11.3 Å². The first-order valence-corrected chi connectivity index (χ1v) is 7.30. The zero-order valence-corrected chi connectivity index (χ0v) is 12.4. The summed E-state index contributed by atoms with van der Waals surface area (Å²) < 4.78 is 1.38. The molecule has 0 aromatic carbocycles. The number of nitrogens with zero attached hydrogens (tertiary/aromatic N) is 1. The highest BCUT2D eigenvalue weighted by atomic mass is 127. The van der Waals surface area contributed by atoms with Crippen molar-refractivity contribution in [2.45, 2.75) is 19.9 Å². The predicted molar refractivity (Wildman–Crippen MR) is 76.5 cm³/mol. The lowest BCUT2D eigenvalue weighted by Crippen LogP contribution is -2.29. The Balaban J connectivity index is 2.15. The summed E-state index contributed by atoms with van der Waals surface area (Å²) in [7, 11) is 2.18. The number of rotatable bonds is 7. The van der Waals surface area contributed by atoms with Gasteiger partial charge in [-0.3, -0.25) is 0 Å². The van der Waals surface area contributed by atoms with Gasteiger partial charge < -0.3 is 10.2 Å². The van der Waals surface area contributed by atoms with Gasteiger partial charge in [-0.25, -0.2) is 0 Å². The SMILES string of the molecule is CCCNCCN(C)Cc1csc(I)c1. The van der Waals surface area contributed by atoms with E-state index in [2.05, 4.69) is 58.2 Å². The Kier molecular flexibility index (Phi) is 6.79. The zero-order chi connectivity index (χ0) is 11.1. The number of nitrogens with one attached hydrogen (secondary N) is 1. The van der Waals surface area contributed by atoms with E-state index in [1.165, 1.54) is 14.9 Å². The molecule has 1 aromatic rings. The van der Waals surface area contributed by atoms with Gasteiger partial charge in [0.25, 0.3) is 0 Å².